The lowest BCUT2D eigenvalue weighted by Crippen LogP contribution is -2.48. The van der Waals surface area contributed by atoms with Crippen LogP contribution in [0.15, 0.2) is 12.1 Å². The average molecular weight is 589 g/mol. The van der Waals surface area contributed by atoms with Crippen LogP contribution in [0.5, 0.6) is 0 Å². The van der Waals surface area contributed by atoms with Crippen molar-refractivity contribution in [3.63, 3.8) is 0 Å². The maximum atomic E-state index is 14.3. The number of ether oxygens (including phenoxy) is 1. The molecule has 222 valence electrons. The quantitative estimate of drug-likeness (QED) is 0.375. The molecule has 2 heterocycles. The lowest BCUT2D eigenvalue weighted by Gasteiger charge is -2.37. The van der Waals surface area contributed by atoms with Crippen molar-refractivity contribution >= 4 is 12.0 Å². The Labute approximate surface area is 221 Å². The molecule has 8 nitrogen and oxygen atoms in total. The molecule has 0 aliphatic carbocycles. The number of carbonyl (C=O) groups excluding carboxylic acids is 2. The van der Waals surface area contributed by atoms with Crippen molar-refractivity contribution in [2.45, 2.75) is 76.6 Å². The number of carbonyl (C=O) groups is 2. The Kier molecular flexibility index (Phi) is 8.65. The van der Waals surface area contributed by atoms with Crippen LogP contribution in [0.2, 0.25) is 0 Å². The summed E-state index contributed by atoms with van der Waals surface area (Å²) in [4.78, 5) is 26.3. The van der Waals surface area contributed by atoms with Gasteiger partial charge in [-0.15, -0.1) is 10.2 Å². The third kappa shape index (κ3) is 7.78. The molecule has 2 amide bonds. The molecule has 1 aromatic heterocycles. The van der Waals surface area contributed by atoms with E-state index >= 15 is 0 Å². The molecule has 0 saturated carbocycles. The zero-order valence-electron chi connectivity index (χ0n) is 21.3. The summed E-state index contributed by atoms with van der Waals surface area (Å²) in [6, 6.07) is -2.66. The van der Waals surface area contributed by atoms with E-state index in [-0.39, 0.29) is 6.07 Å². The molecule has 0 fully saturated rings. The Morgan fingerprint density at radius 3 is 2.20 bits per heavy atom. The van der Waals surface area contributed by atoms with Gasteiger partial charge in [0.15, 0.2) is 17.5 Å². The maximum absolute atomic E-state index is 14.3. The molecular weight excluding hydrogens is 565 g/mol. The van der Waals surface area contributed by atoms with Crippen LogP contribution in [0, 0.1) is 17.5 Å². The van der Waals surface area contributed by atoms with E-state index in [1.54, 1.807) is 0 Å². The fourth-order valence-electron chi connectivity index (χ4n) is 4.18. The summed E-state index contributed by atoms with van der Waals surface area (Å²) in [5, 5.41) is 8.49. The Hall–Kier alpha value is -3.53. The first-order valence-electron chi connectivity index (χ1n) is 11.7. The van der Waals surface area contributed by atoms with Crippen LogP contribution in [0.3, 0.4) is 0 Å². The zero-order chi connectivity index (χ0) is 30.2. The second kappa shape index (κ2) is 11.2. The average Bonchev–Trinajstić information content (AvgIpc) is 3.20. The van der Waals surface area contributed by atoms with E-state index in [4.69, 9.17) is 4.74 Å². The van der Waals surface area contributed by atoms with E-state index in [0.29, 0.717) is 15.5 Å². The van der Waals surface area contributed by atoms with Crippen LogP contribution in [-0.4, -0.2) is 56.0 Å². The molecule has 3 rings (SSSR count). The molecule has 2 atom stereocenters. The van der Waals surface area contributed by atoms with Crippen molar-refractivity contribution in [1.29, 1.82) is 0 Å². The molecule has 2 aromatic rings. The van der Waals surface area contributed by atoms with Crippen molar-refractivity contribution in [3.8, 4) is 0 Å². The number of halogens is 9. The molecule has 1 aromatic carbocycles. The summed E-state index contributed by atoms with van der Waals surface area (Å²) >= 11 is 0. The Morgan fingerprint density at radius 1 is 1.00 bits per heavy atom. The number of nitrogens with zero attached hydrogens (tertiary/aromatic N) is 4. The first kappa shape index (κ1) is 31.0. The Morgan fingerprint density at radius 2 is 1.62 bits per heavy atom. The molecule has 1 aliphatic heterocycles. The van der Waals surface area contributed by atoms with Gasteiger partial charge in [0.25, 0.3) is 0 Å². The van der Waals surface area contributed by atoms with Gasteiger partial charge in [-0.2, -0.15) is 26.3 Å². The van der Waals surface area contributed by atoms with E-state index in [0.717, 1.165) is 0 Å². The summed E-state index contributed by atoms with van der Waals surface area (Å²) in [6.45, 7) is 3.32. The molecule has 40 heavy (non-hydrogen) atoms. The lowest BCUT2D eigenvalue weighted by atomic mass is 10.0. The van der Waals surface area contributed by atoms with E-state index in [2.05, 4.69) is 15.5 Å². The summed E-state index contributed by atoms with van der Waals surface area (Å²) in [7, 11) is 0. The minimum Gasteiger partial charge on any atom is -0.444 e. The summed E-state index contributed by atoms with van der Waals surface area (Å²) in [5.41, 5.74) is -1.50. The van der Waals surface area contributed by atoms with Crippen LogP contribution in [0.1, 0.15) is 56.9 Å². The van der Waals surface area contributed by atoms with Crippen LogP contribution in [0.4, 0.5) is 44.3 Å². The molecule has 0 radical (unpaired) electrons. The monoisotopic (exact) mass is 589 g/mol. The van der Waals surface area contributed by atoms with Crippen LogP contribution >= 0.6 is 0 Å². The molecule has 0 unspecified atom stereocenters. The summed E-state index contributed by atoms with van der Waals surface area (Å²) < 4.78 is 127. The molecule has 0 spiro atoms. The number of hydrogen-bond acceptors (Lipinski definition) is 5. The SMILES string of the molecule is CC(C)(C)OC(=O)N[C@@H](CC(=O)N1CCn2c(nnc2C(F)(F)F)[C@@H]1CC(F)(F)F)Cc1cc(F)c(F)cc1F. The summed E-state index contributed by atoms with van der Waals surface area (Å²) in [5.74, 6) is -7.49. The van der Waals surface area contributed by atoms with Crippen molar-refractivity contribution in [1.82, 2.24) is 25.0 Å². The number of alkyl halides is 6. The van der Waals surface area contributed by atoms with Gasteiger partial charge in [-0.1, -0.05) is 0 Å². The normalized spacial score (nSPS) is 16.9. The number of hydrogen-bond donors (Lipinski definition) is 1. The largest absolute Gasteiger partial charge is 0.451 e. The second-order valence-corrected chi connectivity index (χ2v) is 10.1. The van der Waals surface area contributed by atoms with Crippen LogP contribution < -0.4 is 5.32 Å². The van der Waals surface area contributed by atoms with Crippen molar-refractivity contribution in [3.05, 3.63) is 46.8 Å². The van der Waals surface area contributed by atoms with Gasteiger partial charge >= 0.3 is 18.4 Å². The van der Waals surface area contributed by atoms with E-state index in [9.17, 15) is 49.1 Å². The Bertz CT molecular complexity index is 1250. The van der Waals surface area contributed by atoms with Gasteiger partial charge in [-0.05, 0) is 38.8 Å². The Balaban J connectivity index is 1.92. The molecule has 1 aliphatic rings. The second-order valence-electron chi connectivity index (χ2n) is 10.1. The van der Waals surface area contributed by atoms with Crippen molar-refractivity contribution < 1.29 is 53.8 Å². The van der Waals surface area contributed by atoms with E-state index in [1.807, 2.05) is 0 Å². The van der Waals surface area contributed by atoms with Gasteiger partial charge in [-0.3, -0.25) is 4.79 Å². The van der Waals surface area contributed by atoms with Crippen LogP contribution in [-0.2, 0) is 28.7 Å². The number of alkyl carbamates (subject to hydrolysis) is 1. The number of benzene rings is 1. The minimum atomic E-state index is -5.02. The highest BCUT2D eigenvalue weighted by Gasteiger charge is 2.46. The smallest absolute Gasteiger partial charge is 0.444 e. The standard InChI is InChI=1S/C23H24F9N5O3/c1-21(2,3)40-20(39)33-12(6-11-7-14(25)15(26)9-13(11)24)8-17(38)36-4-5-37-18(16(36)10-22(27,28)29)34-35-19(37)23(30,31)32/h7,9,12,16H,4-6,8,10H2,1-3H3,(H,33,39)/t12-,16+/m1/s1. The predicted molar refractivity (Wildman–Crippen MR) is 118 cm³/mol. The van der Waals surface area contributed by atoms with Crippen molar-refractivity contribution in [2.75, 3.05) is 6.54 Å². The molecule has 17 heteroatoms. The van der Waals surface area contributed by atoms with Gasteiger partial charge in [0.2, 0.25) is 11.7 Å². The predicted octanol–water partition coefficient (Wildman–Crippen LogP) is 5.08. The lowest BCUT2D eigenvalue weighted by molar-refractivity contribution is -0.159. The summed E-state index contributed by atoms with van der Waals surface area (Å²) in [6.07, 6.45) is -14.2. The molecule has 1 N–H and O–H groups in total. The van der Waals surface area contributed by atoms with Gasteiger partial charge in [0.1, 0.15) is 17.5 Å². The van der Waals surface area contributed by atoms with Crippen LogP contribution in [0.25, 0.3) is 0 Å². The number of rotatable bonds is 6. The number of fused-ring (bicyclic) bond motifs is 1. The molecule has 0 saturated heterocycles. The highest BCUT2D eigenvalue weighted by atomic mass is 19.4. The van der Waals surface area contributed by atoms with E-state index < -0.39 is 109 Å². The fourth-order valence-corrected chi connectivity index (χ4v) is 4.18. The van der Waals surface area contributed by atoms with Gasteiger partial charge in [0.05, 0.1) is 6.42 Å². The third-order valence-electron chi connectivity index (χ3n) is 5.71. The number of amides is 2. The van der Waals surface area contributed by atoms with Crippen molar-refractivity contribution in [2.24, 2.45) is 0 Å². The minimum absolute atomic E-state index is 0.242. The fraction of sp³-hybridized carbons (Fsp3) is 0.565. The number of aromatic nitrogens is 3. The highest BCUT2D eigenvalue weighted by molar-refractivity contribution is 5.78. The molecule has 0 bridgehead atoms. The third-order valence-corrected chi connectivity index (χ3v) is 5.71. The topological polar surface area (TPSA) is 89.4 Å². The van der Waals surface area contributed by atoms with E-state index in [1.165, 1.54) is 20.8 Å². The number of nitrogens with one attached hydrogen (secondary N) is 1. The van der Waals surface area contributed by atoms with Gasteiger partial charge in [-0.25, -0.2) is 18.0 Å². The first-order valence-corrected chi connectivity index (χ1v) is 11.7. The maximum Gasteiger partial charge on any atom is 0.451 e. The molecular formula is C23H24F9N5O3. The first-order chi connectivity index (χ1) is 18.2. The zero-order valence-corrected chi connectivity index (χ0v) is 21.3. The highest BCUT2D eigenvalue weighted by Crippen LogP contribution is 2.38. The van der Waals surface area contributed by atoms with Gasteiger partial charge < -0.3 is 19.5 Å². The van der Waals surface area contributed by atoms with Gasteiger partial charge in [0, 0.05) is 31.6 Å².